The van der Waals surface area contributed by atoms with Crippen LogP contribution in [0.4, 0.5) is 4.39 Å². The number of rotatable bonds is 10. The molecule has 1 aromatic rings. The number of sulfonamides is 1. The van der Waals surface area contributed by atoms with E-state index in [1.54, 1.807) is 18.2 Å². The van der Waals surface area contributed by atoms with Gasteiger partial charge >= 0.3 is 0 Å². The number of hydrogen-bond acceptors (Lipinski definition) is 4. The molecule has 0 saturated heterocycles. The Morgan fingerprint density at radius 2 is 1.96 bits per heavy atom. The van der Waals surface area contributed by atoms with Crippen molar-refractivity contribution >= 4 is 40.0 Å². The maximum atomic E-state index is 13.6. The van der Waals surface area contributed by atoms with E-state index in [-0.39, 0.29) is 35.8 Å². The van der Waals surface area contributed by atoms with Crippen LogP contribution in [0.15, 0.2) is 29.3 Å². The number of ether oxygens (including phenoxy) is 1. The Morgan fingerprint density at radius 1 is 1.27 bits per heavy atom. The van der Waals surface area contributed by atoms with E-state index in [0.29, 0.717) is 38.6 Å². The van der Waals surface area contributed by atoms with Gasteiger partial charge in [0.2, 0.25) is 10.0 Å². The number of para-hydroxylation sites is 1. The van der Waals surface area contributed by atoms with Gasteiger partial charge < -0.3 is 15.4 Å². The first-order valence-electron chi connectivity index (χ1n) is 8.20. The molecule has 0 saturated carbocycles. The van der Waals surface area contributed by atoms with Gasteiger partial charge in [0.25, 0.3) is 0 Å². The van der Waals surface area contributed by atoms with E-state index in [1.807, 2.05) is 13.8 Å². The van der Waals surface area contributed by atoms with Crippen LogP contribution in [0.5, 0.6) is 5.75 Å². The van der Waals surface area contributed by atoms with Gasteiger partial charge in [0.05, 0.1) is 12.8 Å². The monoisotopic (exact) mass is 502 g/mol. The number of guanidine groups is 1. The standard InChI is InChI=1S/C16H27FN4O3S.HI/c1-4-18-16(19-10-7-11-21-25(3,22)23)20-12-13(2)24-15-9-6-5-8-14(15)17;/h5-6,8-9,13,21H,4,7,10-12H2,1-3H3,(H2,18,19,20);1H. The Labute approximate surface area is 172 Å². The number of aliphatic imine (C=N–C) groups is 1. The largest absolute Gasteiger partial charge is 0.486 e. The average molecular weight is 502 g/mol. The fourth-order valence-corrected chi connectivity index (χ4v) is 2.42. The van der Waals surface area contributed by atoms with Crippen molar-refractivity contribution in [1.82, 2.24) is 15.4 Å². The zero-order valence-corrected chi connectivity index (χ0v) is 18.4. The Hall–Kier alpha value is -1.14. The van der Waals surface area contributed by atoms with Crippen LogP contribution in [0.2, 0.25) is 0 Å². The normalized spacial score (nSPS) is 12.8. The summed E-state index contributed by atoms with van der Waals surface area (Å²) < 4.78 is 43.5. The summed E-state index contributed by atoms with van der Waals surface area (Å²) in [6.07, 6.45) is 1.46. The lowest BCUT2D eigenvalue weighted by molar-refractivity contribution is 0.220. The summed E-state index contributed by atoms with van der Waals surface area (Å²) in [6.45, 7) is 5.73. The molecule has 1 atom stereocenters. The molecule has 0 radical (unpaired) electrons. The van der Waals surface area contributed by atoms with Crippen molar-refractivity contribution in [3.8, 4) is 5.75 Å². The minimum atomic E-state index is -3.16. The number of hydrogen-bond donors (Lipinski definition) is 3. The highest BCUT2D eigenvalue weighted by Gasteiger charge is 2.08. The molecule has 10 heteroatoms. The summed E-state index contributed by atoms with van der Waals surface area (Å²) in [4.78, 5) is 4.39. The highest BCUT2D eigenvalue weighted by molar-refractivity contribution is 14.0. The summed E-state index contributed by atoms with van der Waals surface area (Å²) in [5.41, 5.74) is 0. The molecule has 0 aliphatic carbocycles. The molecule has 26 heavy (non-hydrogen) atoms. The average Bonchev–Trinajstić information content (AvgIpc) is 2.53. The van der Waals surface area contributed by atoms with Crippen molar-refractivity contribution in [3.63, 3.8) is 0 Å². The Balaban J connectivity index is 0.00000625. The summed E-state index contributed by atoms with van der Waals surface area (Å²) in [5.74, 6) is 0.405. The molecule has 0 bridgehead atoms. The topological polar surface area (TPSA) is 91.8 Å². The molecule has 150 valence electrons. The predicted molar refractivity (Wildman–Crippen MR) is 113 cm³/mol. The SMILES string of the molecule is CCNC(=NCC(C)Oc1ccccc1F)NCCCNS(C)(=O)=O.I. The van der Waals surface area contributed by atoms with Gasteiger partial charge in [0, 0.05) is 19.6 Å². The lowest BCUT2D eigenvalue weighted by atomic mass is 10.3. The number of nitrogens with zero attached hydrogens (tertiary/aromatic N) is 1. The van der Waals surface area contributed by atoms with E-state index >= 15 is 0 Å². The Bertz CT molecular complexity index is 659. The lowest BCUT2D eigenvalue weighted by Gasteiger charge is -2.15. The highest BCUT2D eigenvalue weighted by atomic mass is 127. The van der Waals surface area contributed by atoms with E-state index in [2.05, 4.69) is 20.3 Å². The molecule has 0 aromatic heterocycles. The molecule has 1 aromatic carbocycles. The fraction of sp³-hybridized carbons (Fsp3) is 0.562. The van der Waals surface area contributed by atoms with Gasteiger partial charge in [-0.15, -0.1) is 24.0 Å². The van der Waals surface area contributed by atoms with Crippen LogP contribution in [0.25, 0.3) is 0 Å². The summed E-state index contributed by atoms with van der Waals surface area (Å²) in [7, 11) is -3.16. The van der Waals surface area contributed by atoms with E-state index in [0.717, 1.165) is 6.26 Å². The second-order valence-corrected chi connectivity index (χ2v) is 7.36. The molecule has 0 spiro atoms. The van der Waals surface area contributed by atoms with Crippen LogP contribution in [0.3, 0.4) is 0 Å². The Kier molecular flexibility index (Phi) is 12.5. The van der Waals surface area contributed by atoms with Gasteiger partial charge in [0.1, 0.15) is 6.10 Å². The van der Waals surface area contributed by atoms with Crippen molar-refractivity contribution in [3.05, 3.63) is 30.1 Å². The predicted octanol–water partition coefficient (Wildman–Crippen LogP) is 1.71. The van der Waals surface area contributed by atoms with Gasteiger partial charge in [0.15, 0.2) is 17.5 Å². The van der Waals surface area contributed by atoms with Crippen molar-refractivity contribution in [2.24, 2.45) is 4.99 Å². The van der Waals surface area contributed by atoms with Gasteiger partial charge in [-0.05, 0) is 32.4 Å². The van der Waals surface area contributed by atoms with Gasteiger partial charge in [-0.2, -0.15) is 0 Å². The molecule has 7 nitrogen and oxygen atoms in total. The zero-order chi connectivity index (χ0) is 18.7. The van der Waals surface area contributed by atoms with Crippen LogP contribution in [0.1, 0.15) is 20.3 Å². The first-order valence-corrected chi connectivity index (χ1v) is 10.1. The van der Waals surface area contributed by atoms with Crippen molar-refractivity contribution < 1.29 is 17.5 Å². The number of nitrogens with one attached hydrogen (secondary N) is 3. The van der Waals surface area contributed by atoms with E-state index in [4.69, 9.17) is 4.74 Å². The van der Waals surface area contributed by atoms with E-state index in [1.165, 1.54) is 6.07 Å². The first-order chi connectivity index (χ1) is 11.8. The minimum Gasteiger partial charge on any atom is -0.486 e. The van der Waals surface area contributed by atoms with Crippen LogP contribution in [-0.2, 0) is 10.0 Å². The third kappa shape index (κ3) is 11.5. The van der Waals surface area contributed by atoms with E-state index in [9.17, 15) is 12.8 Å². The molecule has 0 aliphatic heterocycles. The zero-order valence-electron chi connectivity index (χ0n) is 15.3. The molecule has 0 amide bonds. The minimum absolute atomic E-state index is 0. The van der Waals surface area contributed by atoms with Gasteiger partial charge in [-0.1, -0.05) is 12.1 Å². The quantitative estimate of drug-likeness (QED) is 0.196. The van der Waals surface area contributed by atoms with Crippen LogP contribution in [0, 0.1) is 5.82 Å². The maximum absolute atomic E-state index is 13.6. The van der Waals surface area contributed by atoms with Crippen LogP contribution < -0.4 is 20.1 Å². The third-order valence-corrected chi connectivity index (χ3v) is 3.75. The third-order valence-electron chi connectivity index (χ3n) is 3.03. The summed E-state index contributed by atoms with van der Waals surface area (Å²) in [6, 6.07) is 6.25. The molecular weight excluding hydrogens is 474 g/mol. The second kappa shape index (κ2) is 13.1. The molecular formula is C16H28FIN4O3S. The number of halogens is 2. The lowest BCUT2D eigenvalue weighted by Crippen LogP contribution is -2.39. The summed E-state index contributed by atoms with van der Waals surface area (Å²) >= 11 is 0. The van der Waals surface area contributed by atoms with Gasteiger partial charge in [-0.25, -0.2) is 22.5 Å². The van der Waals surface area contributed by atoms with Crippen molar-refractivity contribution in [1.29, 1.82) is 0 Å². The Morgan fingerprint density at radius 3 is 2.58 bits per heavy atom. The molecule has 0 aliphatic rings. The van der Waals surface area contributed by atoms with Crippen molar-refractivity contribution in [2.45, 2.75) is 26.4 Å². The van der Waals surface area contributed by atoms with Crippen LogP contribution >= 0.6 is 24.0 Å². The van der Waals surface area contributed by atoms with E-state index < -0.39 is 15.8 Å². The second-order valence-electron chi connectivity index (χ2n) is 5.53. The molecule has 0 fully saturated rings. The number of benzene rings is 1. The smallest absolute Gasteiger partial charge is 0.208 e. The first kappa shape index (κ1) is 24.9. The van der Waals surface area contributed by atoms with Crippen molar-refractivity contribution in [2.75, 3.05) is 32.4 Å². The maximum Gasteiger partial charge on any atom is 0.208 e. The molecule has 3 N–H and O–H groups in total. The molecule has 1 unspecified atom stereocenters. The highest BCUT2D eigenvalue weighted by Crippen LogP contribution is 2.16. The molecule has 1 rings (SSSR count). The molecule has 0 heterocycles. The fourth-order valence-electron chi connectivity index (χ4n) is 1.91. The van der Waals surface area contributed by atoms with Gasteiger partial charge in [-0.3, -0.25) is 0 Å². The van der Waals surface area contributed by atoms with Crippen LogP contribution in [-0.4, -0.2) is 52.9 Å². The summed E-state index contributed by atoms with van der Waals surface area (Å²) in [5, 5.41) is 6.20.